The molecule has 0 aliphatic rings. The fraction of sp³-hybridized carbons (Fsp3) is 0.300. The van der Waals surface area contributed by atoms with Gasteiger partial charge in [0.2, 0.25) is 5.91 Å². The van der Waals surface area contributed by atoms with Crippen molar-refractivity contribution in [2.75, 3.05) is 31.6 Å². The molecule has 0 bridgehead atoms. The molecule has 0 saturated carbocycles. The quantitative estimate of drug-likeness (QED) is 0.422. The highest BCUT2D eigenvalue weighted by Crippen LogP contribution is 2.13. The van der Waals surface area contributed by atoms with Crippen molar-refractivity contribution in [1.29, 1.82) is 0 Å². The molecule has 1 amide bonds. The summed E-state index contributed by atoms with van der Waals surface area (Å²) in [7, 11) is 0. The molecule has 1 atom stereocenters. The molecule has 1 unspecified atom stereocenters. The molecular weight excluding hydrogens is 347 g/mol. The Morgan fingerprint density at radius 2 is 1.93 bits per heavy atom. The summed E-state index contributed by atoms with van der Waals surface area (Å²) in [5, 5.41) is 18.4. The molecule has 0 fully saturated rings. The van der Waals surface area contributed by atoms with E-state index in [1.165, 1.54) is 18.2 Å². The number of guanidine groups is 1. The van der Waals surface area contributed by atoms with Gasteiger partial charge in [-0.05, 0) is 30.7 Å². The van der Waals surface area contributed by atoms with Crippen LogP contribution in [0, 0.1) is 5.82 Å². The molecule has 0 radical (unpaired) electrons. The number of amides is 1. The summed E-state index contributed by atoms with van der Waals surface area (Å²) < 4.78 is 13.2. The zero-order valence-corrected chi connectivity index (χ0v) is 15.3. The first-order valence-electron chi connectivity index (χ1n) is 8.85. The van der Waals surface area contributed by atoms with Crippen LogP contribution in [-0.4, -0.2) is 43.2 Å². The van der Waals surface area contributed by atoms with Crippen LogP contribution in [0.5, 0.6) is 0 Å². The van der Waals surface area contributed by atoms with Crippen LogP contribution in [0.4, 0.5) is 10.1 Å². The van der Waals surface area contributed by atoms with Gasteiger partial charge in [-0.2, -0.15) is 0 Å². The molecule has 2 aromatic rings. The lowest BCUT2D eigenvalue weighted by Crippen LogP contribution is -2.40. The Bertz CT molecular complexity index is 753. The van der Waals surface area contributed by atoms with Crippen molar-refractivity contribution in [3.63, 3.8) is 0 Å². The number of aliphatic hydroxyl groups is 1. The van der Waals surface area contributed by atoms with Gasteiger partial charge in [-0.1, -0.05) is 36.4 Å². The lowest BCUT2D eigenvalue weighted by molar-refractivity contribution is -0.114. The minimum Gasteiger partial charge on any atom is -0.396 e. The predicted octanol–water partition coefficient (Wildman–Crippen LogP) is 2.10. The second kappa shape index (κ2) is 10.9. The first-order valence-corrected chi connectivity index (χ1v) is 8.85. The molecule has 2 rings (SSSR count). The Balaban J connectivity index is 1.91. The summed E-state index contributed by atoms with van der Waals surface area (Å²) in [6, 6.07) is 15.4. The summed E-state index contributed by atoms with van der Waals surface area (Å²) in [5.41, 5.74) is 1.41. The van der Waals surface area contributed by atoms with Gasteiger partial charge in [0.15, 0.2) is 5.96 Å². The molecule has 4 N–H and O–H groups in total. The van der Waals surface area contributed by atoms with Crippen LogP contribution < -0.4 is 16.0 Å². The van der Waals surface area contributed by atoms with E-state index in [2.05, 4.69) is 20.9 Å². The topological polar surface area (TPSA) is 85.8 Å². The van der Waals surface area contributed by atoms with Crippen molar-refractivity contribution in [1.82, 2.24) is 10.6 Å². The normalized spacial score (nSPS) is 12.3. The maximum Gasteiger partial charge on any atom is 0.246 e. The van der Waals surface area contributed by atoms with Crippen molar-refractivity contribution < 1.29 is 14.3 Å². The number of aliphatic hydroxyl groups excluding tert-OH is 1. The van der Waals surface area contributed by atoms with E-state index < -0.39 is 5.82 Å². The second-order valence-corrected chi connectivity index (χ2v) is 5.92. The third kappa shape index (κ3) is 7.07. The number of hydrogen-bond acceptors (Lipinski definition) is 3. The number of anilines is 1. The average Bonchev–Trinajstić information content (AvgIpc) is 2.67. The smallest absolute Gasteiger partial charge is 0.246 e. The minimum absolute atomic E-state index is 0.00350. The number of carbonyl (C=O) groups excluding carboxylic acids is 1. The van der Waals surface area contributed by atoms with E-state index in [0.29, 0.717) is 24.7 Å². The van der Waals surface area contributed by atoms with Crippen LogP contribution in [-0.2, 0) is 4.79 Å². The van der Waals surface area contributed by atoms with E-state index in [4.69, 9.17) is 0 Å². The second-order valence-electron chi connectivity index (χ2n) is 5.92. The molecule has 27 heavy (non-hydrogen) atoms. The highest BCUT2D eigenvalue weighted by Gasteiger charge is 2.11. The Morgan fingerprint density at radius 1 is 1.15 bits per heavy atom. The van der Waals surface area contributed by atoms with Crippen LogP contribution in [0.3, 0.4) is 0 Å². The zero-order valence-electron chi connectivity index (χ0n) is 15.3. The molecule has 2 aromatic carbocycles. The SMILES string of the molecule is CCNC(=NCC(=O)Nc1cccc(F)c1)NCC(CO)c1ccccc1. The van der Waals surface area contributed by atoms with Crippen molar-refractivity contribution in [2.24, 2.45) is 4.99 Å². The molecule has 0 spiro atoms. The monoisotopic (exact) mass is 372 g/mol. The molecule has 0 saturated heterocycles. The predicted molar refractivity (Wildman–Crippen MR) is 105 cm³/mol. The van der Waals surface area contributed by atoms with E-state index in [1.807, 2.05) is 37.3 Å². The number of aliphatic imine (C=N–C) groups is 1. The molecule has 0 aliphatic heterocycles. The number of benzene rings is 2. The van der Waals surface area contributed by atoms with Gasteiger partial charge >= 0.3 is 0 Å². The van der Waals surface area contributed by atoms with Crippen molar-refractivity contribution >= 4 is 17.6 Å². The maximum absolute atomic E-state index is 13.2. The van der Waals surface area contributed by atoms with E-state index in [-0.39, 0.29) is 25.0 Å². The number of nitrogens with zero attached hydrogens (tertiary/aromatic N) is 1. The number of hydrogen-bond donors (Lipinski definition) is 4. The Labute approximate surface area is 158 Å². The molecule has 0 heterocycles. The van der Waals surface area contributed by atoms with Gasteiger partial charge in [0.05, 0.1) is 6.61 Å². The van der Waals surface area contributed by atoms with Crippen molar-refractivity contribution in [2.45, 2.75) is 12.8 Å². The molecule has 0 aliphatic carbocycles. The Morgan fingerprint density at radius 3 is 2.59 bits per heavy atom. The number of carbonyl (C=O) groups is 1. The zero-order chi connectivity index (χ0) is 19.5. The molecule has 144 valence electrons. The largest absolute Gasteiger partial charge is 0.396 e. The first kappa shape index (κ1) is 20.4. The van der Waals surface area contributed by atoms with E-state index in [0.717, 1.165) is 5.56 Å². The van der Waals surface area contributed by atoms with Gasteiger partial charge in [-0.15, -0.1) is 0 Å². The highest BCUT2D eigenvalue weighted by atomic mass is 19.1. The number of rotatable bonds is 8. The fourth-order valence-electron chi connectivity index (χ4n) is 2.49. The van der Waals surface area contributed by atoms with Crippen LogP contribution in [0.25, 0.3) is 0 Å². The van der Waals surface area contributed by atoms with E-state index in [9.17, 15) is 14.3 Å². The van der Waals surface area contributed by atoms with Crippen molar-refractivity contribution in [3.05, 3.63) is 66.0 Å². The average molecular weight is 372 g/mol. The minimum atomic E-state index is -0.415. The maximum atomic E-state index is 13.2. The van der Waals surface area contributed by atoms with E-state index >= 15 is 0 Å². The number of nitrogens with one attached hydrogen (secondary N) is 3. The van der Waals surface area contributed by atoms with Gasteiger partial charge < -0.3 is 21.1 Å². The third-order valence-electron chi connectivity index (χ3n) is 3.84. The standard InChI is InChI=1S/C20H25FN4O2/c1-2-22-20(23-12-16(14-26)15-7-4-3-5-8-15)24-13-19(27)25-18-10-6-9-17(21)11-18/h3-11,16,26H,2,12-14H2,1H3,(H,25,27)(H2,22,23,24). The Kier molecular flexibility index (Phi) is 8.25. The fourth-order valence-corrected chi connectivity index (χ4v) is 2.49. The Hall–Kier alpha value is -2.93. The molecular formula is C20H25FN4O2. The van der Waals surface area contributed by atoms with Gasteiger partial charge in [0.1, 0.15) is 12.4 Å². The van der Waals surface area contributed by atoms with Crippen LogP contribution in [0.1, 0.15) is 18.4 Å². The lowest BCUT2D eigenvalue weighted by Gasteiger charge is -2.18. The lowest BCUT2D eigenvalue weighted by atomic mass is 10.0. The van der Waals surface area contributed by atoms with Gasteiger partial charge in [0.25, 0.3) is 0 Å². The van der Waals surface area contributed by atoms with Crippen LogP contribution in [0.2, 0.25) is 0 Å². The van der Waals surface area contributed by atoms with Gasteiger partial charge in [0, 0.05) is 24.7 Å². The number of halogens is 1. The third-order valence-corrected chi connectivity index (χ3v) is 3.84. The molecule has 7 heteroatoms. The summed E-state index contributed by atoms with van der Waals surface area (Å²) >= 11 is 0. The summed E-state index contributed by atoms with van der Waals surface area (Å²) in [6.45, 7) is 2.91. The van der Waals surface area contributed by atoms with Gasteiger partial charge in [-0.3, -0.25) is 4.79 Å². The van der Waals surface area contributed by atoms with Gasteiger partial charge in [-0.25, -0.2) is 9.38 Å². The highest BCUT2D eigenvalue weighted by molar-refractivity contribution is 5.94. The summed E-state index contributed by atoms with van der Waals surface area (Å²) in [6.07, 6.45) is 0. The van der Waals surface area contributed by atoms with Crippen molar-refractivity contribution in [3.8, 4) is 0 Å². The van der Waals surface area contributed by atoms with Crippen LogP contribution >= 0.6 is 0 Å². The van der Waals surface area contributed by atoms with E-state index in [1.54, 1.807) is 6.07 Å². The van der Waals surface area contributed by atoms with Crippen LogP contribution in [0.15, 0.2) is 59.6 Å². The molecule has 6 nitrogen and oxygen atoms in total. The summed E-state index contributed by atoms with van der Waals surface area (Å²) in [4.78, 5) is 16.3. The first-order chi connectivity index (χ1) is 13.1. The summed E-state index contributed by atoms with van der Waals surface area (Å²) in [5.74, 6) is -0.376. The molecule has 0 aromatic heterocycles.